The highest BCUT2D eigenvalue weighted by Gasteiger charge is 2.22. The molecule has 6 nitrogen and oxygen atoms in total. The van der Waals surface area contributed by atoms with Crippen LogP contribution < -0.4 is 10.6 Å². The highest BCUT2D eigenvalue weighted by Crippen LogP contribution is 2.24. The minimum atomic E-state index is -1.06. The number of aliphatic carboxylic acids is 1. The van der Waals surface area contributed by atoms with Gasteiger partial charge in [0.1, 0.15) is 6.04 Å². The van der Waals surface area contributed by atoms with Crippen LogP contribution in [0.25, 0.3) is 0 Å². The summed E-state index contributed by atoms with van der Waals surface area (Å²) in [5.41, 5.74) is 0.109. The van der Waals surface area contributed by atoms with Crippen molar-refractivity contribution in [2.24, 2.45) is 4.99 Å². The predicted octanol–water partition coefficient (Wildman–Crippen LogP) is 4.60. The van der Waals surface area contributed by atoms with E-state index in [1.54, 1.807) is 30.0 Å². The number of rotatable bonds is 12. The summed E-state index contributed by atoms with van der Waals surface area (Å²) in [6, 6.07) is 3.78. The van der Waals surface area contributed by atoms with Crippen molar-refractivity contribution >= 4 is 52.0 Å². The molecule has 1 amide bonds. The van der Waals surface area contributed by atoms with Crippen molar-refractivity contribution in [2.45, 2.75) is 51.0 Å². The summed E-state index contributed by atoms with van der Waals surface area (Å²) in [6.45, 7) is 1.86. The van der Waals surface area contributed by atoms with Crippen molar-refractivity contribution in [3.05, 3.63) is 33.8 Å². The molecule has 0 fully saturated rings. The third kappa shape index (κ3) is 8.44. The molecule has 0 radical (unpaired) electrons. The molecule has 3 N–H and O–H groups in total. The Bertz CT molecular complexity index is 711. The molecule has 1 aromatic carbocycles. The number of carboxylic acid groups (broad SMARTS) is 1. The average molecular weight is 460 g/mol. The van der Waals surface area contributed by atoms with E-state index in [1.807, 2.05) is 0 Å². The summed E-state index contributed by atoms with van der Waals surface area (Å²) in [5.74, 6) is -0.545. The standard InChI is InChI=1S/C20H27Cl2N3O3S/c21-14-8-7-9-15(22)17(14)18(26)25-16(19(27)28)10-5-3-1-2-4-6-11-23-20-24-12-13-29-20/h7-9,16H,1-6,10-13H2,(H,23,24)(H,25,26)(H,27,28)/t16-/m0/s1. The van der Waals surface area contributed by atoms with Gasteiger partial charge in [0.2, 0.25) is 0 Å². The zero-order chi connectivity index (χ0) is 21.1. The summed E-state index contributed by atoms with van der Waals surface area (Å²) in [6.07, 6.45) is 6.44. The maximum atomic E-state index is 12.4. The van der Waals surface area contributed by atoms with Crippen LogP contribution in [0.4, 0.5) is 0 Å². The van der Waals surface area contributed by atoms with Crippen LogP contribution in [-0.2, 0) is 4.79 Å². The Hall–Kier alpha value is -1.44. The number of benzene rings is 1. The van der Waals surface area contributed by atoms with Gasteiger partial charge in [0.05, 0.1) is 22.2 Å². The van der Waals surface area contributed by atoms with Crippen LogP contribution in [-0.4, -0.2) is 47.0 Å². The lowest BCUT2D eigenvalue weighted by atomic mass is 10.0. The molecule has 0 saturated heterocycles. The fourth-order valence-corrected chi connectivity index (χ4v) is 4.35. The van der Waals surface area contributed by atoms with Gasteiger partial charge in [0.15, 0.2) is 5.17 Å². The lowest BCUT2D eigenvalue weighted by molar-refractivity contribution is -0.139. The summed E-state index contributed by atoms with van der Waals surface area (Å²) in [5, 5.41) is 16.7. The Labute approximate surface area is 185 Å². The third-order valence-electron chi connectivity index (χ3n) is 4.57. The van der Waals surface area contributed by atoms with Crippen molar-refractivity contribution < 1.29 is 14.7 Å². The second-order valence-electron chi connectivity index (χ2n) is 6.83. The first-order chi connectivity index (χ1) is 14.0. The third-order valence-corrected chi connectivity index (χ3v) is 6.14. The number of hydrogen-bond acceptors (Lipinski definition) is 5. The minimum absolute atomic E-state index is 0.109. The number of aliphatic imine (C=N–C) groups is 1. The van der Waals surface area contributed by atoms with Crippen LogP contribution in [0.2, 0.25) is 10.0 Å². The van der Waals surface area contributed by atoms with E-state index in [2.05, 4.69) is 15.6 Å². The van der Waals surface area contributed by atoms with Crippen molar-refractivity contribution in [1.29, 1.82) is 0 Å². The zero-order valence-corrected chi connectivity index (χ0v) is 18.6. The number of amidine groups is 1. The summed E-state index contributed by atoms with van der Waals surface area (Å²) in [7, 11) is 0. The number of halogens is 2. The Morgan fingerprint density at radius 3 is 2.38 bits per heavy atom. The molecular weight excluding hydrogens is 433 g/mol. The molecule has 1 atom stereocenters. The average Bonchev–Trinajstić information content (AvgIpc) is 3.19. The van der Waals surface area contributed by atoms with Gasteiger partial charge >= 0.3 is 5.97 Å². The van der Waals surface area contributed by atoms with Gasteiger partial charge in [0, 0.05) is 12.3 Å². The van der Waals surface area contributed by atoms with Crippen LogP contribution in [0.3, 0.4) is 0 Å². The van der Waals surface area contributed by atoms with Gasteiger partial charge < -0.3 is 15.7 Å². The molecule has 9 heteroatoms. The second kappa shape index (κ2) is 13.0. The van der Waals surface area contributed by atoms with Gasteiger partial charge in [-0.2, -0.15) is 0 Å². The van der Waals surface area contributed by atoms with Crippen LogP contribution in [0, 0.1) is 0 Å². The number of amides is 1. The Kier molecular flexibility index (Phi) is 10.7. The fraction of sp³-hybridized carbons (Fsp3) is 0.550. The van der Waals surface area contributed by atoms with Crippen molar-refractivity contribution in [3.63, 3.8) is 0 Å². The first kappa shape index (κ1) is 23.8. The van der Waals surface area contributed by atoms with Gasteiger partial charge in [-0.1, -0.05) is 73.1 Å². The van der Waals surface area contributed by atoms with Gasteiger partial charge in [0.25, 0.3) is 5.91 Å². The molecular formula is C20H27Cl2N3O3S. The predicted molar refractivity (Wildman–Crippen MR) is 120 cm³/mol. The minimum Gasteiger partial charge on any atom is -0.480 e. The van der Waals surface area contributed by atoms with E-state index in [4.69, 9.17) is 23.2 Å². The molecule has 0 bridgehead atoms. The largest absolute Gasteiger partial charge is 0.480 e. The quantitative estimate of drug-likeness (QED) is 0.397. The SMILES string of the molecule is O=C(N[C@@H](CCCCCCCCNC1=NCCS1)C(=O)O)c1c(Cl)cccc1Cl. The zero-order valence-electron chi connectivity index (χ0n) is 16.3. The molecule has 29 heavy (non-hydrogen) atoms. The Morgan fingerprint density at radius 1 is 1.10 bits per heavy atom. The van der Waals surface area contributed by atoms with Crippen LogP contribution in [0.5, 0.6) is 0 Å². The number of carbonyl (C=O) groups excluding carboxylic acids is 1. The van der Waals surface area contributed by atoms with Crippen molar-refractivity contribution in [2.75, 3.05) is 18.8 Å². The Balaban J connectivity index is 1.61. The number of thioether (sulfide) groups is 1. The molecule has 0 unspecified atom stereocenters. The summed E-state index contributed by atoms with van der Waals surface area (Å²) < 4.78 is 0. The highest BCUT2D eigenvalue weighted by atomic mass is 35.5. The molecule has 1 aliphatic rings. The molecule has 0 spiro atoms. The lowest BCUT2D eigenvalue weighted by Crippen LogP contribution is -2.41. The van der Waals surface area contributed by atoms with E-state index in [-0.39, 0.29) is 15.6 Å². The number of carbonyl (C=O) groups is 2. The second-order valence-corrected chi connectivity index (χ2v) is 8.73. The monoisotopic (exact) mass is 459 g/mol. The maximum Gasteiger partial charge on any atom is 0.326 e. The number of hydrogen-bond donors (Lipinski definition) is 3. The van der Waals surface area contributed by atoms with Gasteiger partial charge in [-0.05, 0) is 25.0 Å². The van der Waals surface area contributed by atoms with Crippen molar-refractivity contribution in [3.8, 4) is 0 Å². The summed E-state index contributed by atoms with van der Waals surface area (Å²) in [4.78, 5) is 28.2. The van der Waals surface area contributed by atoms with Gasteiger partial charge in [-0.15, -0.1) is 0 Å². The highest BCUT2D eigenvalue weighted by molar-refractivity contribution is 8.14. The topological polar surface area (TPSA) is 90.8 Å². The van der Waals surface area contributed by atoms with E-state index in [0.29, 0.717) is 6.42 Å². The summed E-state index contributed by atoms with van der Waals surface area (Å²) >= 11 is 13.8. The fourth-order valence-electron chi connectivity index (χ4n) is 3.02. The van der Waals surface area contributed by atoms with E-state index < -0.39 is 17.9 Å². The molecule has 2 rings (SSSR count). The maximum absolute atomic E-state index is 12.4. The van der Waals surface area contributed by atoms with E-state index in [1.165, 1.54) is 0 Å². The van der Waals surface area contributed by atoms with E-state index in [9.17, 15) is 14.7 Å². The number of carboxylic acids is 1. The van der Waals surface area contributed by atoms with Gasteiger partial charge in [-0.25, -0.2) is 4.79 Å². The first-order valence-electron chi connectivity index (χ1n) is 9.88. The van der Waals surface area contributed by atoms with Crippen LogP contribution in [0.1, 0.15) is 55.3 Å². The molecule has 0 aromatic heterocycles. The first-order valence-corrected chi connectivity index (χ1v) is 11.6. The number of nitrogens with zero attached hydrogens (tertiary/aromatic N) is 1. The van der Waals surface area contributed by atoms with Crippen molar-refractivity contribution in [1.82, 2.24) is 10.6 Å². The molecule has 1 aliphatic heterocycles. The lowest BCUT2D eigenvalue weighted by Gasteiger charge is -2.15. The molecule has 1 aromatic rings. The Morgan fingerprint density at radius 2 is 1.76 bits per heavy atom. The molecule has 0 aliphatic carbocycles. The number of nitrogens with one attached hydrogen (secondary N) is 2. The molecule has 160 valence electrons. The van der Waals surface area contributed by atoms with Crippen LogP contribution in [0.15, 0.2) is 23.2 Å². The normalized spacial score (nSPS) is 14.3. The number of unbranched alkanes of at least 4 members (excludes halogenated alkanes) is 5. The molecule has 0 saturated carbocycles. The van der Waals surface area contributed by atoms with E-state index >= 15 is 0 Å². The van der Waals surface area contributed by atoms with Crippen LogP contribution >= 0.6 is 35.0 Å². The van der Waals surface area contributed by atoms with E-state index in [0.717, 1.165) is 62.5 Å². The molecule has 1 heterocycles. The smallest absolute Gasteiger partial charge is 0.326 e. The van der Waals surface area contributed by atoms with Gasteiger partial charge in [-0.3, -0.25) is 9.79 Å².